The van der Waals surface area contributed by atoms with Gasteiger partial charge in [-0.05, 0) is 31.0 Å². The van der Waals surface area contributed by atoms with E-state index in [0.717, 1.165) is 0 Å². The minimum Gasteiger partial charge on any atom is -0.467 e. The molecule has 0 radical (unpaired) electrons. The standard InChI is InChI=1S/C17H23N2O6P/c1-12(10-18)9-15(17(21)23-2)19-16(20)14-7-5-13(6-8-14)11-26(22,24-3)25-4/h5-8,12,15H,9,11H2,1-4H3,(H,19,20)/t12-,15+/m1/s1. The van der Waals surface area contributed by atoms with E-state index in [4.69, 9.17) is 14.3 Å². The molecule has 1 rings (SSSR count). The van der Waals surface area contributed by atoms with Crippen LogP contribution in [-0.2, 0) is 29.3 Å². The van der Waals surface area contributed by atoms with Crippen LogP contribution in [0.1, 0.15) is 29.3 Å². The second kappa shape index (κ2) is 10.1. The van der Waals surface area contributed by atoms with E-state index in [2.05, 4.69) is 10.1 Å². The summed E-state index contributed by atoms with van der Waals surface area (Å²) in [5.74, 6) is -1.50. The first-order valence-electron chi connectivity index (χ1n) is 7.86. The number of methoxy groups -OCH3 is 1. The average molecular weight is 382 g/mol. The lowest BCUT2D eigenvalue weighted by atomic mass is 10.0. The lowest BCUT2D eigenvalue weighted by Crippen LogP contribution is -2.42. The Hall–Kier alpha value is -2.20. The third kappa shape index (κ3) is 6.26. The van der Waals surface area contributed by atoms with Gasteiger partial charge in [0, 0.05) is 25.7 Å². The summed E-state index contributed by atoms with van der Waals surface area (Å²) in [6.45, 7) is 1.65. The molecule has 1 N–H and O–H groups in total. The van der Waals surface area contributed by atoms with Crippen LogP contribution in [0.5, 0.6) is 0 Å². The Morgan fingerprint density at radius 1 is 1.19 bits per heavy atom. The van der Waals surface area contributed by atoms with Gasteiger partial charge in [0.2, 0.25) is 0 Å². The number of rotatable bonds is 9. The maximum atomic E-state index is 12.3. The molecular formula is C17H23N2O6P. The van der Waals surface area contributed by atoms with Crippen molar-refractivity contribution in [2.24, 2.45) is 5.92 Å². The molecule has 0 saturated heterocycles. The summed E-state index contributed by atoms with van der Waals surface area (Å²) in [5.41, 5.74) is 0.994. The molecule has 142 valence electrons. The monoisotopic (exact) mass is 382 g/mol. The van der Waals surface area contributed by atoms with Crippen molar-refractivity contribution in [3.8, 4) is 6.07 Å². The number of nitrogens with one attached hydrogen (secondary N) is 1. The Morgan fingerprint density at radius 2 is 1.77 bits per heavy atom. The van der Waals surface area contributed by atoms with Crippen molar-refractivity contribution in [1.29, 1.82) is 5.26 Å². The first-order chi connectivity index (χ1) is 12.3. The molecule has 26 heavy (non-hydrogen) atoms. The molecule has 1 aromatic carbocycles. The SMILES string of the molecule is COC(=O)[C@H](C[C@@H](C)C#N)NC(=O)c1ccc(CP(=O)(OC)OC)cc1. The lowest BCUT2D eigenvalue weighted by Gasteiger charge is -2.17. The summed E-state index contributed by atoms with van der Waals surface area (Å²) in [4.78, 5) is 24.2. The van der Waals surface area contributed by atoms with Crippen molar-refractivity contribution in [3.05, 3.63) is 35.4 Å². The van der Waals surface area contributed by atoms with Crippen LogP contribution in [0.15, 0.2) is 24.3 Å². The van der Waals surface area contributed by atoms with Crippen molar-refractivity contribution in [2.75, 3.05) is 21.3 Å². The fraction of sp³-hybridized carbons (Fsp3) is 0.471. The number of nitriles is 1. The summed E-state index contributed by atoms with van der Waals surface area (Å²) in [6.07, 6.45) is 0.226. The Morgan fingerprint density at radius 3 is 2.23 bits per heavy atom. The predicted molar refractivity (Wildman–Crippen MR) is 94.4 cm³/mol. The maximum Gasteiger partial charge on any atom is 0.334 e. The van der Waals surface area contributed by atoms with Crippen molar-refractivity contribution in [2.45, 2.75) is 25.5 Å². The van der Waals surface area contributed by atoms with Gasteiger partial charge in [-0.1, -0.05) is 12.1 Å². The van der Waals surface area contributed by atoms with E-state index < -0.39 is 31.4 Å². The van der Waals surface area contributed by atoms with Crippen LogP contribution in [-0.4, -0.2) is 39.2 Å². The molecule has 0 unspecified atom stereocenters. The van der Waals surface area contributed by atoms with Crippen LogP contribution in [0.4, 0.5) is 0 Å². The van der Waals surface area contributed by atoms with Crippen molar-refractivity contribution in [1.82, 2.24) is 5.32 Å². The smallest absolute Gasteiger partial charge is 0.334 e. The predicted octanol–water partition coefficient (Wildman–Crippen LogP) is 2.49. The Kier molecular flexibility index (Phi) is 8.46. The number of hydrogen-bond donors (Lipinski definition) is 1. The number of esters is 1. The highest BCUT2D eigenvalue weighted by atomic mass is 31.2. The second-order valence-corrected chi connectivity index (χ2v) is 7.91. The number of carbonyl (C=O) groups is 2. The van der Waals surface area contributed by atoms with Crippen LogP contribution >= 0.6 is 7.60 Å². The molecule has 0 bridgehead atoms. The minimum absolute atomic E-state index is 0.0758. The zero-order valence-corrected chi connectivity index (χ0v) is 16.1. The van der Waals surface area contributed by atoms with Crippen LogP contribution in [0, 0.1) is 17.2 Å². The maximum absolute atomic E-state index is 12.3. The van der Waals surface area contributed by atoms with E-state index in [1.54, 1.807) is 31.2 Å². The first-order valence-corrected chi connectivity index (χ1v) is 9.59. The number of carbonyl (C=O) groups excluding carboxylic acids is 2. The quantitative estimate of drug-likeness (QED) is 0.515. The van der Waals surface area contributed by atoms with Gasteiger partial charge < -0.3 is 19.1 Å². The Labute approximate surface area is 153 Å². The number of amides is 1. The molecule has 0 aliphatic rings. The largest absolute Gasteiger partial charge is 0.467 e. The molecule has 0 aromatic heterocycles. The molecule has 0 saturated carbocycles. The third-order valence-electron chi connectivity index (χ3n) is 3.75. The zero-order valence-electron chi connectivity index (χ0n) is 15.2. The van der Waals surface area contributed by atoms with Gasteiger partial charge in [0.05, 0.1) is 19.3 Å². The molecule has 0 aliphatic heterocycles. The van der Waals surface area contributed by atoms with Gasteiger partial charge in [-0.3, -0.25) is 9.36 Å². The fourth-order valence-electron chi connectivity index (χ4n) is 2.19. The molecule has 0 fully saturated rings. The molecular weight excluding hydrogens is 359 g/mol. The summed E-state index contributed by atoms with van der Waals surface area (Å²) >= 11 is 0. The normalized spacial score (nSPS) is 13.3. The van der Waals surface area contributed by atoms with E-state index in [9.17, 15) is 14.2 Å². The van der Waals surface area contributed by atoms with Crippen LogP contribution in [0.25, 0.3) is 0 Å². The fourth-order valence-corrected chi connectivity index (χ4v) is 3.26. The van der Waals surface area contributed by atoms with Crippen molar-refractivity contribution >= 4 is 19.5 Å². The molecule has 1 aromatic rings. The number of benzene rings is 1. The van der Waals surface area contributed by atoms with E-state index in [1.807, 2.05) is 6.07 Å². The van der Waals surface area contributed by atoms with Gasteiger partial charge in [-0.2, -0.15) is 5.26 Å². The van der Waals surface area contributed by atoms with Gasteiger partial charge in [0.15, 0.2) is 0 Å². The zero-order chi connectivity index (χ0) is 19.7. The summed E-state index contributed by atoms with van der Waals surface area (Å²) in [6, 6.07) is 7.45. The molecule has 1 amide bonds. The van der Waals surface area contributed by atoms with Crippen LogP contribution in [0.2, 0.25) is 0 Å². The number of nitrogens with zero attached hydrogens (tertiary/aromatic N) is 1. The molecule has 0 heterocycles. The summed E-state index contributed by atoms with van der Waals surface area (Å²) in [7, 11) is 0.640. The van der Waals surface area contributed by atoms with Crippen molar-refractivity contribution in [3.63, 3.8) is 0 Å². The highest BCUT2D eigenvalue weighted by molar-refractivity contribution is 7.52. The number of ether oxygens (including phenoxy) is 1. The van der Waals surface area contributed by atoms with E-state index in [0.29, 0.717) is 11.1 Å². The van der Waals surface area contributed by atoms with E-state index >= 15 is 0 Å². The third-order valence-corrected chi connectivity index (χ3v) is 5.61. The summed E-state index contributed by atoms with van der Waals surface area (Å²) in [5, 5.41) is 11.5. The van der Waals surface area contributed by atoms with Crippen LogP contribution in [0.3, 0.4) is 0 Å². The van der Waals surface area contributed by atoms with Crippen molar-refractivity contribution < 1.29 is 27.9 Å². The highest BCUT2D eigenvalue weighted by Crippen LogP contribution is 2.49. The molecule has 0 aliphatic carbocycles. The van der Waals surface area contributed by atoms with Crippen LogP contribution < -0.4 is 5.32 Å². The molecule has 8 nitrogen and oxygen atoms in total. The van der Waals surface area contributed by atoms with E-state index in [1.165, 1.54) is 21.3 Å². The second-order valence-electron chi connectivity index (χ2n) is 5.65. The summed E-state index contributed by atoms with van der Waals surface area (Å²) < 4.78 is 26.6. The number of hydrogen-bond acceptors (Lipinski definition) is 7. The molecule has 0 spiro atoms. The van der Waals surface area contributed by atoms with Gasteiger partial charge in [0.25, 0.3) is 5.91 Å². The topological polar surface area (TPSA) is 115 Å². The average Bonchev–Trinajstić information content (AvgIpc) is 2.66. The molecule has 2 atom stereocenters. The van der Waals surface area contributed by atoms with Gasteiger partial charge in [0.1, 0.15) is 6.04 Å². The minimum atomic E-state index is -3.19. The molecule has 9 heteroatoms. The van der Waals surface area contributed by atoms with Gasteiger partial charge in [-0.25, -0.2) is 4.79 Å². The first kappa shape index (κ1) is 21.8. The van der Waals surface area contributed by atoms with Gasteiger partial charge in [-0.15, -0.1) is 0 Å². The van der Waals surface area contributed by atoms with Gasteiger partial charge >= 0.3 is 13.6 Å². The van der Waals surface area contributed by atoms with E-state index in [-0.39, 0.29) is 12.6 Å². The highest BCUT2D eigenvalue weighted by Gasteiger charge is 2.25. The Balaban J connectivity index is 2.84. The lowest BCUT2D eigenvalue weighted by molar-refractivity contribution is -0.143. The Bertz CT molecular complexity index is 705.